The molecule has 0 spiro atoms. The van der Waals surface area contributed by atoms with Crippen molar-refractivity contribution in [1.82, 2.24) is 5.43 Å². The molecular weight excluding hydrogens is 234 g/mol. The van der Waals surface area contributed by atoms with Crippen molar-refractivity contribution in [2.24, 2.45) is 10.8 Å². The number of ether oxygens (including phenoxy) is 2. The van der Waals surface area contributed by atoms with Crippen LogP contribution in [0.5, 0.6) is 11.5 Å². The summed E-state index contributed by atoms with van der Waals surface area (Å²) in [6.07, 6.45) is 1.48. The molecule has 98 valence electrons. The lowest BCUT2D eigenvalue weighted by Crippen LogP contribution is -2.24. The monoisotopic (exact) mass is 251 g/mol. The number of carbonyl (C=O) groups is 1. The first-order valence-electron chi connectivity index (χ1n) is 5.65. The predicted molar refractivity (Wildman–Crippen MR) is 69.1 cm³/mol. The summed E-state index contributed by atoms with van der Waals surface area (Å²) >= 11 is 0. The van der Waals surface area contributed by atoms with Crippen LogP contribution < -0.4 is 20.6 Å². The van der Waals surface area contributed by atoms with Crippen LogP contribution in [0.4, 0.5) is 4.79 Å². The minimum atomic E-state index is -0.706. The Hall–Kier alpha value is -2.24. The number of benzene rings is 1. The molecule has 1 aromatic carbocycles. The topological polar surface area (TPSA) is 85.9 Å². The number of hydrazone groups is 1. The number of nitrogens with two attached hydrogens (primary N) is 1. The van der Waals surface area contributed by atoms with Crippen molar-refractivity contribution in [3.05, 3.63) is 23.8 Å². The summed E-state index contributed by atoms with van der Waals surface area (Å²) < 4.78 is 10.9. The molecule has 0 fully saturated rings. The van der Waals surface area contributed by atoms with Crippen molar-refractivity contribution in [3.63, 3.8) is 0 Å². The third kappa shape index (κ3) is 4.32. The minimum absolute atomic E-state index is 0.542. The first-order valence-corrected chi connectivity index (χ1v) is 5.65. The van der Waals surface area contributed by atoms with Crippen LogP contribution in [0.25, 0.3) is 0 Å². The lowest BCUT2D eigenvalue weighted by molar-refractivity contribution is 0.249. The van der Waals surface area contributed by atoms with Crippen LogP contribution in [0.15, 0.2) is 23.3 Å². The largest absolute Gasteiger partial charge is 0.490 e. The van der Waals surface area contributed by atoms with Crippen LogP contribution >= 0.6 is 0 Å². The second-order valence-electron chi connectivity index (χ2n) is 3.31. The molecule has 0 saturated heterocycles. The molecule has 0 saturated carbocycles. The van der Waals surface area contributed by atoms with E-state index in [-0.39, 0.29) is 0 Å². The van der Waals surface area contributed by atoms with Gasteiger partial charge in [0.2, 0.25) is 0 Å². The van der Waals surface area contributed by atoms with Gasteiger partial charge in [-0.1, -0.05) is 0 Å². The molecular formula is C12H17N3O3. The average Bonchev–Trinajstić information content (AvgIpc) is 2.32. The summed E-state index contributed by atoms with van der Waals surface area (Å²) in [7, 11) is 0. The number of nitrogens with zero attached hydrogens (tertiary/aromatic N) is 1. The fourth-order valence-electron chi connectivity index (χ4n) is 1.32. The van der Waals surface area contributed by atoms with Gasteiger partial charge in [-0.25, -0.2) is 10.2 Å². The third-order valence-electron chi connectivity index (χ3n) is 1.96. The molecule has 3 N–H and O–H groups in total. The number of nitrogens with one attached hydrogen (secondary N) is 1. The van der Waals surface area contributed by atoms with E-state index >= 15 is 0 Å². The Morgan fingerprint density at radius 1 is 1.33 bits per heavy atom. The molecule has 1 aromatic rings. The van der Waals surface area contributed by atoms with Gasteiger partial charge >= 0.3 is 6.03 Å². The Morgan fingerprint density at radius 3 is 2.61 bits per heavy atom. The van der Waals surface area contributed by atoms with Crippen molar-refractivity contribution in [2.45, 2.75) is 13.8 Å². The fraction of sp³-hybridized carbons (Fsp3) is 0.333. The molecule has 6 heteroatoms. The lowest BCUT2D eigenvalue weighted by atomic mass is 10.2. The number of urea groups is 1. The van der Waals surface area contributed by atoms with E-state index in [1.807, 2.05) is 13.8 Å². The van der Waals surface area contributed by atoms with Crippen molar-refractivity contribution < 1.29 is 14.3 Å². The van der Waals surface area contributed by atoms with Gasteiger partial charge in [0.15, 0.2) is 11.5 Å². The molecule has 6 nitrogen and oxygen atoms in total. The molecule has 1 rings (SSSR count). The van der Waals surface area contributed by atoms with Crippen LogP contribution in [-0.2, 0) is 0 Å². The fourth-order valence-corrected chi connectivity index (χ4v) is 1.32. The molecule has 0 unspecified atom stereocenters. The smallest absolute Gasteiger partial charge is 0.332 e. The number of rotatable bonds is 6. The molecule has 0 aliphatic heterocycles. The number of hydrogen-bond donors (Lipinski definition) is 2. The maximum Gasteiger partial charge on any atom is 0.332 e. The molecule has 0 aromatic heterocycles. The maximum absolute atomic E-state index is 10.5. The quantitative estimate of drug-likeness (QED) is 0.593. The third-order valence-corrected chi connectivity index (χ3v) is 1.96. The highest BCUT2D eigenvalue weighted by atomic mass is 16.5. The highest BCUT2D eigenvalue weighted by Gasteiger charge is 2.04. The molecule has 0 aliphatic carbocycles. The van der Waals surface area contributed by atoms with Crippen LogP contribution in [0.1, 0.15) is 19.4 Å². The summed E-state index contributed by atoms with van der Waals surface area (Å²) in [5.41, 5.74) is 7.78. The summed E-state index contributed by atoms with van der Waals surface area (Å²) in [5.74, 6) is 1.32. The van der Waals surface area contributed by atoms with Gasteiger partial charge in [0.1, 0.15) is 0 Å². The average molecular weight is 251 g/mol. The minimum Gasteiger partial charge on any atom is -0.490 e. The maximum atomic E-state index is 10.5. The Balaban J connectivity index is 2.84. The number of hydrogen-bond acceptors (Lipinski definition) is 4. The predicted octanol–water partition coefficient (Wildman–Crippen LogP) is 1.49. The van der Waals surface area contributed by atoms with E-state index in [9.17, 15) is 4.79 Å². The summed E-state index contributed by atoms with van der Waals surface area (Å²) in [6.45, 7) is 4.91. The Morgan fingerprint density at radius 2 is 2.00 bits per heavy atom. The lowest BCUT2D eigenvalue weighted by Gasteiger charge is -2.10. The SMILES string of the molecule is CCOc1ccc(/C=N/NC(N)=O)cc1OCC. The van der Waals surface area contributed by atoms with Crippen molar-refractivity contribution in [1.29, 1.82) is 0 Å². The van der Waals surface area contributed by atoms with Gasteiger partial charge in [-0.05, 0) is 37.6 Å². The number of primary amides is 1. The van der Waals surface area contributed by atoms with E-state index in [2.05, 4.69) is 10.5 Å². The van der Waals surface area contributed by atoms with E-state index in [0.717, 1.165) is 5.56 Å². The molecule has 0 atom stereocenters. The van der Waals surface area contributed by atoms with Gasteiger partial charge in [-0.15, -0.1) is 0 Å². The molecule has 0 bridgehead atoms. The van der Waals surface area contributed by atoms with Gasteiger partial charge < -0.3 is 15.2 Å². The van der Waals surface area contributed by atoms with Crippen LogP contribution in [0, 0.1) is 0 Å². The molecule has 2 amide bonds. The summed E-state index contributed by atoms with van der Waals surface area (Å²) in [4.78, 5) is 10.5. The van der Waals surface area contributed by atoms with Gasteiger partial charge in [0.05, 0.1) is 19.4 Å². The van der Waals surface area contributed by atoms with E-state index in [1.54, 1.807) is 18.2 Å². The number of carbonyl (C=O) groups excluding carboxylic acids is 1. The van der Waals surface area contributed by atoms with Crippen LogP contribution in [0.2, 0.25) is 0 Å². The van der Waals surface area contributed by atoms with Gasteiger partial charge in [0, 0.05) is 0 Å². The number of amides is 2. The molecule has 0 aliphatic rings. The zero-order valence-corrected chi connectivity index (χ0v) is 10.5. The standard InChI is InChI=1S/C12H17N3O3/c1-3-17-10-6-5-9(7-11(10)18-4-2)8-14-15-12(13)16/h5-8H,3-4H2,1-2H3,(H3,13,15,16)/b14-8+. The molecule has 18 heavy (non-hydrogen) atoms. The van der Waals surface area contributed by atoms with Gasteiger partial charge in [-0.2, -0.15) is 5.10 Å². The van der Waals surface area contributed by atoms with E-state index in [0.29, 0.717) is 24.7 Å². The zero-order valence-electron chi connectivity index (χ0n) is 10.5. The summed E-state index contributed by atoms with van der Waals surface area (Å²) in [6, 6.07) is 4.67. The second kappa shape index (κ2) is 7.16. The van der Waals surface area contributed by atoms with Crippen molar-refractivity contribution in [2.75, 3.05) is 13.2 Å². The van der Waals surface area contributed by atoms with Crippen LogP contribution in [-0.4, -0.2) is 25.5 Å². The summed E-state index contributed by atoms with van der Waals surface area (Å²) in [5, 5.41) is 3.67. The molecule has 0 radical (unpaired) electrons. The Kier molecular flexibility index (Phi) is 5.50. The first-order chi connectivity index (χ1) is 8.67. The van der Waals surface area contributed by atoms with Crippen LogP contribution in [0.3, 0.4) is 0 Å². The van der Waals surface area contributed by atoms with E-state index < -0.39 is 6.03 Å². The highest BCUT2D eigenvalue weighted by Crippen LogP contribution is 2.27. The normalized spacial score (nSPS) is 10.3. The highest BCUT2D eigenvalue weighted by molar-refractivity contribution is 5.82. The van der Waals surface area contributed by atoms with Crippen molar-refractivity contribution >= 4 is 12.2 Å². The Labute approximate surface area is 106 Å². The molecule has 0 heterocycles. The Bertz CT molecular complexity index is 433. The van der Waals surface area contributed by atoms with Crippen molar-refractivity contribution in [3.8, 4) is 11.5 Å². The zero-order chi connectivity index (χ0) is 13.4. The van der Waals surface area contributed by atoms with E-state index in [1.165, 1.54) is 6.21 Å². The van der Waals surface area contributed by atoms with Gasteiger partial charge in [0.25, 0.3) is 0 Å². The van der Waals surface area contributed by atoms with Gasteiger partial charge in [-0.3, -0.25) is 0 Å². The van der Waals surface area contributed by atoms with E-state index in [4.69, 9.17) is 15.2 Å². The second-order valence-corrected chi connectivity index (χ2v) is 3.31. The first kappa shape index (κ1) is 13.8.